The maximum absolute atomic E-state index is 12.9. The molecule has 5 rings (SSSR count). The Labute approximate surface area is 186 Å². The summed E-state index contributed by atoms with van der Waals surface area (Å²) in [5, 5.41) is 0. The molecule has 0 radical (unpaired) electrons. The molecule has 170 valence electrons. The molecule has 3 aliphatic heterocycles. The third kappa shape index (κ3) is 4.73. The Hall–Kier alpha value is -1.70. The Morgan fingerprint density at radius 3 is 2.48 bits per heavy atom. The molecule has 1 amide bonds. The normalized spacial score (nSPS) is 24.2. The standard InChI is InChI=1S/C24H37N5O2/c1-31-21-7-11-28(12-8-21)23-6-5-19-17-26(10-9-22(19)25-23)18-24(30)29-15-13-27(14-16-29)20-3-2-4-20/h5-6,20-21H,2-4,7-18H2,1H3. The molecule has 2 saturated heterocycles. The van der Waals surface area contributed by atoms with Crippen LogP contribution in [0.5, 0.6) is 0 Å². The number of fused-ring (bicyclic) bond motifs is 1. The highest BCUT2D eigenvalue weighted by Gasteiger charge is 2.30. The Balaban J connectivity index is 1.12. The van der Waals surface area contributed by atoms with Crippen LogP contribution in [0.15, 0.2) is 12.1 Å². The molecule has 1 aromatic rings. The third-order valence-corrected chi connectivity index (χ3v) is 7.83. The number of nitrogens with zero attached hydrogens (tertiary/aromatic N) is 5. The molecule has 0 N–H and O–H groups in total. The number of piperazine rings is 1. The van der Waals surface area contributed by atoms with E-state index in [-0.39, 0.29) is 0 Å². The van der Waals surface area contributed by atoms with Crippen molar-refractivity contribution in [1.29, 1.82) is 0 Å². The summed E-state index contributed by atoms with van der Waals surface area (Å²) < 4.78 is 5.49. The zero-order chi connectivity index (χ0) is 21.2. The van der Waals surface area contributed by atoms with E-state index in [1.165, 1.54) is 30.5 Å². The average molecular weight is 428 g/mol. The first-order chi connectivity index (χ1) is 15.2. The summed E-state index contributed by atoms with van der Waals surface area (Å²) in [6, 6.07) is 5.19. The fourth-order valence-electron chi connectivity index (χ4n) is 5.47. The summed E-state index contributed by atoms with van der Waals surface area (Å²) in [6.45, 7) is 8.20. The SMILES string of the molecule is COC1CCN(c2ccc3c(n2)CCN(CC(=O)N2CCN(C4CCC4)CC2)C3)CC1. The Bertz CT molecular complexity index is 767. The van der Waals surface area contributed by atoms with Gasteiger partial charge in [0.05, 0.1) is 12.6 Å². The number of aromatic nitrogens is 1. The van der Waals surface area contributed by atoms with Crippen LogP contribution in [0.25, 0.3) is 0 Å². The van der Waals surface area contributed by atoms with Gasteiger partial charge in [0.25, 0.3) is 0 Å². The van der Waals surface area contributed by atoms with Gasteiger partial charge in [-0.3, -0.25) is 14.6 Å². The summed E-state index contributed by atoms with van der Waals surface area (Å²) >= 11 is 0. The van der Waals surface area contributed by atoms with Gasteiger partial charge in [-0.1, -0.05) is 12.5 Å². The molecule has 7 nitrogen and oxygen atoms in total. The van der Waals surface area contributed by atoms with Crippen molar-refractivity contribution < 1.29 is 9.53 Å². The minimum atomic E-state index is 0.294. The lowest BCUT2D eigenvalue weighted by molar-refractivity contribution is -0.135. The molecule has 4 aliphatic rings. The number of carbonyl (C=O) groups excluding carboxylic acids is 1. The molecule has 0 bridgehead atoms. The number of amides is 1. The minimum Gasteiger partial charge on any atom is -0.381 e. The maximum Gasteiger partial charge on any atom is 0.236 e. The lowest BCUT2D eigenvalue weighted by Crippen LogP contribution is -2.55. The van der Waals surface area contributed by atoms with Crippen molar-refractivity contribution in [2.75, 3.05) is 64.4 Å². The summed E-state index contributed by atoms with van der Waals surface area (Å²) in [6.07, 6.45) is 7.54. The van der Waals surface area contributed by atoms with Crippen LogP contribution in [0.4, 0.5) is 5.82 Å². The molecule has 31 heavy (non-hydrogen) atoms. The summed E-state index contributed by atoms with van der Waals surface area (Å²) in [7, 11) is 1.81. The second kappa shape index (κ2) is 9.43. The monoisotopic (exact) mass is 427 g/mol. The van der Waals surface area contributed by atoms with E-state index < -0.39 is 0 Å². The van der Waals surface area contributed by atoms with Crippen LogP contribution in [0.2, 0.25) is 0 Å². The van der Waals surface area contributed by atoms with Crippen molar-refractivity contribution in [3.8, 4) is 0 Å². The molecule has 7 heteroatoms. The van der Waals surface area contributed by atoms with E-state index in [4.69, 9.17) is 9.72 Å². The minimum absolute atomic E-state index is 0.294. The second-order valence-electron chi connectivity index (χ2n) is 9.66. The molecule has 4 heterocycles. The topological polar surface area (TPSA) is 52.2 Å². The predicted octanol–water partition coefficient (Wildman–Crippen LogP) is 1.75. The van der Waals surface area contributed by atoms with E-state index in [0.717, 1.165) is 83.5 Å². The van der Waals surface area contributed by atoms with E-state index in [1.54, 1.807) is 0 Å². The van der Waals surface area contributed by atoms with Crippen LogP contribution in [-0.2, 0) is 22.5 Å². The van der Waals surface area contributed by atoms with Crippen LogP contribution in [-0.4, -0.2) is 97.2 Å². The highest BCUT2D eigenvalue weighted by Crippen LogP contribution is 2.26. The molecule has 1 aliphatic carbocycles. The van der Waals surface area contributed by atoms with Gasteiger partial charge in [-0.05, 0) is 37.3 Å². The van der Waals surface area contributed by atoms with Gasteiger partial charge in [-0.25, -0.2) is 4.98 Å². The zero-order valence-corrected chi connectivity index (χ0v) is 19.0. The Kier molecular flexibility index (Phi) is 6.44. The van der Waals surface area contributed by atoms with Crippen molar-refractivity contribution in [2.45, 2.75) is 57.2 Å². The molecule has 1 saturated carbocycles. The number of hydrogen-bond donors (Lipinski definition) is 0. The molecule has 0 unspecified atom stereocenters. The van der Waals surface area contributed by atoms with E-state index >= 15 is 0 Å². The Morgan fingerprint density at radius 2 is 1.81 bits per heavy atom. The van der Waals surface area contributed by atoms with Gasteiger partial charge in [0.2, 0.25) is 5.91 Å². The second-order valence-corrected chi connectivity index (χ2v) is 9.66. The van der Waals surface area contributed by atoms with E-state index in [0.29, 0.717) is 18.6 Å². The van der Waals surface area contributed by atoms with Crippen LogP contribution in [0.3, 0.4) is 0 Å². The molecule has 0 spiro atoms. The van der Waals surface area contributed by atoms with Crippen LogP contribution in [0.1, 0.15) is 43.4 Å². The average Bonchev–Trinajstić information content (AvgIpc) is 2.78. The van der Waals surface area contributed by atoms with Gasteiger partial charge in [-0.2, -0.15) is 0 Å². The van der Waals surface area contributed by atoms with Crippen molar-refractivity contribution in [3.63, 3.8) is 0 Å². The fourth-order valence-corrected chi connectivity index (χ4v) is 5.47. The van der Waals surface area contributed by atoms with Gasteiger partial charge in [-0.15, -0.1) is 0 Å². The molecular weight excluding hydrogens is 390 g/mol. The van der Waals surface area contributed by atoms with Gasteiger partial charge in [0.1, 0.15) is 5.82 Å². The van der Waals surface area contributed by atoms with Gasteiger partial charge in [0, 0.05) is 77.6 Å². The highest BCUT2D eigenvalue weighted by molar-refractivity contribution is 5.78. The maximum atomic E-state index is 12.9. The fraction of sp³-hybridized carbons (Fsp3) is 0.750. The molecule has 0 atom stereocenters. The number of ether oxygens (including phenoxy) is 1. The van der Waals surface area contributed by atoms with Crippen molar-refractivity contribution in [3.05, 3.63) is 23.4 Å². The van der Waals surface area contributed by atoms with Gasteiger partial charge in [0.15, 0.2) is 0 Å². The van der Waals surface area contributed by atoms with Gasteiger partial charge < -0.3 is 14.5 Å². The van der Waals surface area contributed by atoms with Crippen LogP contribution >= 0.6 is 0 Å². The molecule has 0 aromatic carbocycles. The number of carbonyl (C=O) groups is 1. The predicted molar refractivity (Wildman–Crippen MR) is 121 cm³/mol. The lowest BCUT2D eigenvalue weighted by Gasteiger charge is -2.43. The summed E-state index contributed by atoms with van der Waals surface area (Å²) in [4.78, 5) is 27.2. The number of anilines is 1. The van der Waals surface area contributed by atoms with Crippen molar-refractivity contribution in [1.82, 2.24) is 19.7 Å². The smallest absolute Gasteiger partial charge is 0.236 e. The van der Waals surface area contributed by atoms with E-state index in [2.05, 4.69) is 31.7 Å². The first kappa shape index (κ1) is 21.2. The van der Waals surface area contributed by atoms with Crippen LogP contribution < -0.4 is 4.90 Å². The summed E-state index contributed by atoms with van der Waals surface area (Å²) in [5.74, 6) is 1.39. The first-order valence-corrected chi connectivity index (χ1v) is 12.2. The molecule has 3 fully saturated rings. The van der Waals surface area contributed by atoms with E-state index in [1.807, 2.05) is 7.11 Å². The molecule has 1 aromatic heterocycles. The van der Waals surface area contributed by atoms with Gasteiger partial charge >= 0.3 is 0 Å². The summed E-state index contributed by atoms with van der Waals surface area (Å²) in [5.41, 5.74) is 2.49. The number of hydrogen-bond acceptors (Lipinski definition) is 6. The largest absolute Gasteiger partial charge is 0.381 e. The van der Waals surface area contributed by atoms with E-state index in [9.17, 15) is 4.79 Å². The highest BCUT2D eigenvalue weighted by atomic mass is 16.5. The third-order valence-electron chi connectivity index (χ3n) is 7.83. The number of methoxy groups -OCH3 is 1. The number of rotatable bonds is 5. The Morgan fingerprint density at radius 1 is 1.03 bits per heavy atom. The van der Waals surface area contributed by atoms with Crippen molar-refractivity contribution in [2.24, 2.45) is 0 Å². The van der Waals surface area contributed by atoms with Crippen LogP contribution in [0, 0.1) is 0 Å². The number of piperidine rings is 1. The lowest BCUT2D eigenvalue weighted by atomic mass is 9.91. The quantitative estimate of drug-likeness (QED) is 0.714. The number of pyridine rings is 1. The zero-order valence-electron chi connectivity index (χ0n) is 19.0. The molecular formula is C24H37N5O2. The first-order valence-electron chi connectivity index (χ1n) is 12.2. The van der Waals surface area contributed by atoms with Crippen molar-refractivity contribution >= 4 is 11.7 Å².